The van der Waals surface area contributed by atoms with E-state index in [0.29, 0.717) is 10.2 Å². The molecule has 106 valence electrons. The molecule has 19 heavy (non-hydrogen) atoms. The van der Waals surface area contributed by atoms with E-state index in [1.165, 1.54) is 4.57 Å². The standard InChI is InChI=1S/C12H16BrN3O2.ClH/c1-16-7-9(5-10(13)12(16)18)15-11(17)8-3-2-4-14-6-8;/h5,7-8,14H,2-4,6H2,1H3,(H,15,17);1H. The molecule has 1 amide bonds. The van der Waals surface area contributed by atoms with E-state index in [9.17, 15) is 9.59 Å². The van der Waals surface area contributed by atoms with Crippen molar-refractivity contribution >= 4 is 39.9 Å². The number of carbonyl (C=O) groups excluding carboxylic acids is 1. The number of hydrogen-bond donors (Lipinski definition) is 2. The number of carbonyl (C=O) groups is 1. The fourth-order valence-corrected chi connectivity index (χ4v) is 2.59. The van der Waals surface area contributed by atoms with Crippen LogP contribution >= 0.6 is 28.3 Å². The van der Waals surface area contributed by atoms with Crippen LogP contribution in [0.15, 0.2) is 21.5 Å². The third-order valence-electron chi connectivity index (χ3n) is 3.07. The van der Waals surface area contributed by atoms with Crippen LogP contribution in [0.3, 0.4) is 0 Å². The van der Waals surface area contributed by atoms with Gasteiger partial charge in [-0.05, 0) is 41.4 Å². The first-order valence-electron chi connectivity index (χ1n) is 5.95. The first-order valence-corrected chi connectivity index (χ1v) is 6.75. The van der Waals surface area contributed by atoms with E-state index in [4.69, 9.17) is 0 Å². The predicted octanol–water partition coefficient (Wildman–Crippen LogP) is 1.51. The Morgan fingerprint density at radius 3 is 2.89 bits per heavy atom. The van der Waals surface area contributed by atoms with Crippen LogP contribution in [-0.2, 0) is 11.8 Å². The number of anilines is 1. The summed E-state index contributed by atoms with van der Waals surface area (Å²) in [4.78, 5) is 23.5. The summed E-state index contributed by atoms with van der Waals surface area (Å²) in [6.45, 7) is 1.70. The van der Waals surface area contributed by atoms with Crippen LogP contribution in [0.5, 0.6) is 0 Å². The first-order chi connectivity index (χ1) is 8.58. The highest BCUT2D eigenvalue weighted by Crippen LogP contribution is 2.15. The van der Waals surface area contributed by atoms with E-state index >= 15 is 0 Å². The van der Waals surface area contributed by atoms with Gasteiger partial charge in [0, 0.05) is 19.8 Å². The van der Waals surface area contributed by atoms with Crippen molar-refractivity contribution in [1.82, 2.24) is 9.88 Å². The molecule has 1 aromatic rings. The van der Waals surface area contributed by atoms with E-state index in [2.05, 4.69) is 26.6 Å². The smallest absolute Gasteiger partial charge is 0.264 e. The Kier molecular flexibility index (Phi) is 6.03. The summed E-state index contributed by atoms with van der Waals surface area (Å²) in [5.74, 6) is 0.0162. The van der Waals surface area contributed by atoms with E-state index in [0.717, 1.165) is 25.9 Å². The van der Waals surface area contributed by atoms with Crippen LogP contribution in [0.1, 0.15) is 12.8 Å². The molecule has 1 saturated heterocycles. The Bertz CT molecular complexity index is 486. The summed E-state index contributed by atoms with van der Waals surface area (Å²) in [7, 11) is 1.66. The van der Waals surface area contributed by atoms with Crippen LogP contribution in [-0.4, -0.2) is 23.6 Å². The lowest BCUT2D eigenvalue weighted by Crippen LogP contribution is -2.37. The van der Waals surface area contributed by atoms with Gasteiger partial charge in [0.15, 0.2) is 0 Å². The van der Waals surface area contributed by atoms with Crippen LogP contribution in [0.25, 0.3) is 0 Å². The molecule has 1 aliphatic rings. The van der Waals surface area contributed by atoms with Crippen LogP contribution in [0, 0.1) is 5.92 Å². The molecule has 1 unspecified atom stereocenters. The number of pyridine rings is 1. The van der Waals surface area contributed by atoms with Gasteiger partial charge in [0.1, 0.15) is 0 Å². The third-order valence-corrected chi connectivity index (χ3v) is 3.64. The molecule has 1 aliphatic heterocycles. The van der Waals surface area contributed by atoms with E-state index < -0.39 is 0 Å². The van der Waals surface area contributed by atoms with Gasteiger partial charge < -0.3 is 15.2 Å². The maximum absolute atomic E-state index is 12.0. The molecule has 1 fully saturated rings. The minimum absolute atomic E-state index is 0. The Morgan fingerprint density at radius 1 is 1.58 bits per heavy atom. The van der Waals surface area contributed by atoms with Crippen molar-refractivity contribution in [3.63, 3.8) is 0 Å². The molecule has 0 aromatic carbocycles. The monoisotopic (exact) mass is 349 g/mol. The molecule has 2 N–H and O–H groups in total. The lowest BCUT2D eigenvalue weighted by Gasteiger charge is -2.22. The fourth-order valence-electron chi connectivity index (χ4n) is 2.06. The molecular formula is C12H17BrClN3O2. The minimum Gasteiger partial charge on any atom is -0.324 e. The number of rotatable bonds is 2. The maximum atomic E-state index is 12.0. The zero-order valence-corrected chi connectivity index (χ0v) is 13.0. The van der Waals surface area contributed by atoms with Gasteiger partial charge in [-0.25, -0.2) is 0 Å². The summed E-state index contributed by atoms with van der Waals surface area (Å²) in [6, 6.07) is 1.64. The lowest BCUT2D eigenvalue weighted by atomic mass is 9.99. The van der Waals surface area contributed by atoms with Crippen LogP contribution in [0.2, 0.25) is 0 Å². The summed E-state index contributed by atoms with van der Waals surface area (Å²) >= 11 is 3.19. The highest BCUT2D eigenvalue weighted by atomic mass is 79.9. The van der Waals surface area contributed by atoms with Crippen LogP contribution < -0.4 is 16.2 Å². The van der Waals surface area contributed by atoms with Gasteiger partial charge in [-0.1, -0.05) is 0 Å². The Hall–Kier alpha value is -0.850. The average Bonchev–Trinajstić information content (AvgIpc) is 2.37. The van der Waals surface area contributed by atoms with Crippen molar-refractivity contribution in [3.8, 4) is 0 Å². The Balaban J connectivity index is 0.00000180. The van der Waals surface area contributed by atoms with E-state index in [1.807, 2.05) is 0 Å². The number of hydrogen-bond acceptors (Lipinski definition) is 3. The van der Waals surface area contributed by atoms with Crippen molar-refractivity contribution in [2.45, 2.75) is 12.8 Å². The molecule has 0 aliphatic carbocycles. The van der Waals surface area contributed by atoms with Crippen molar-refractivity contribution < 1.29 is 4.79 Å². The molecule has 1 aromatic heterocycles. The molecule has 0 bridgehead atoms. The highest BCUT2D eigenvalue weighted by Gasteiger charge is 2.21. The van der Waals surface area contributed by atoms with Gasteiger partial charge in [0.2, 0.25) is 5.91 Å². The van der Waals surface area contributed by atoms with Gasteiger partial charge >= 0.3 is 0 Å². The Labute approximate surface area is 126 Å². The van der Waals surface area contributed by atoms with Crippen molar-refractivity contribution in [1.29, 1.82) is 0 Å². The molecule has 2 rings (SSSR count). The lowest BCUT2D eigenvalue weighted by molar-refractivity contribution is -0.120. The third kappa shape index (κ3) is 4.06. The summed E-state index contributed by atoms with van der Waals surface area (Å²) in [5, 5.41) is 6.06. The van der Waals surface area contributed by atoms with Crippen molar-refractivity contribution in [2.75, 3.05) is 18.4 Å². The van der Waals surface area contributed by atoms with Crippen molar-refractivity contribution in [2.24, 2.45) is 13.0 Å². The topological polar surface area (TPSA) is 63.1 Å². The summed E-state index contributed by atoms with van der Waals surface area (Å²) in [6.07, 6.45) is 3.56. The quantitative estimate of drug-likeness (QED) is 0.850. The van der Waals surface area contributed by atoms with E-state index in [1.54, 1.807) is 19.3 Å². The molecule has 1 atom stereocenters. The number of amides is 1. The zero-order chi connectivity index (χ0) is 13.1. The fraction of sp³-hybridized carbons (Fsp3) is 0.500. The summed E-state index contributed by atoms with van der Waals surface area (Å²) in [5.41, 5.74) is 0.520. The maximum Gasteiger partial charge on any atom is 0.264 e. The first kappa shape index (κ1) is 16.2. The molecule has 5 nitrogen and oxygen atoms in total. The zero-order valence-electron chi connectivity index (χ0n) is 10.6. The number of aryl methyl sites for hydroxylation is 1. The molecule has 2 heterocycles. The van der Waals surface area contributed by atoms with Gasteiger partial charge in [0.25, 0.3) is 5.56 Å². The second-order valence-electron chi connectivity index (χ2n) is 4.53. The Morgan fingerprint density at radius 2 is 2.32 bits per heavy atom. The molecule has 0 spiro atoms. The van der Waals surface area contributed by atoms with Gasteiger partial charge in [0.05, 0.1) is 16.1 Å². The predicted molar refractivity (Wildman–Crippen MR) is 80.9 cm³/mol. The van der Waals surface area contributed by atoms with Crippen LogP contribution in [0.4, 0.5) is 5.69 Å². The highest BCUT2D eigenvalue weighted by molar-refractivity contribution is 9.10. The SMILES string of the molecule is Cl.Cn1cc(NC(=O)C2CCCNC2)cc(Br)c1=O. The van der Waals surface area contributed by atoms with Crippen molar-refractivity contribution in [3.05, 3.63) is 27.1 Å². The number of nitrogens with zero attached hydrogens (tertiary/aromatic N) is 1. The second-order valence-corrected chi connectivity index (χ2v) is 5.38. The normalized spacial score (nSPS) is 18.5. The number of halogens is 2. The number of piperidine rings is 1. The summed E-state index contributed by atoms with van der Waals surface area (Å²) < 4.78 is 1.89. The molecular weight excluding hydrogens is 334 g/mol. The van der Waals surface area contributed by atoms with E-state index in [-0.39, 0.29) is 29.8 Å². The minimum atomic E-state index is -0.118. The number of nitrogens with one attached hydrogen (secondary N) is 2. The average molecular weight is 351 g/mol. The van der Waals surface area contributed by atoms with Gasteiger partial charge in [-0.2, -0.15) is 0 Å². The second kappa shape index (κ2) is 7.07. The molecule has 0 radical (unpaired) electrons. The number of aromatic nitrogens is 1. The molecule has 0 saturated carbocycles. The molecule has 7 heteroatoms. The van der Waals surface area contributed by atoms with Gasteiger partial charge in [-0.15, -0.1) is 12.4 Å². The van der Waals surface area contributed by atoms with Gasteiger partial charge in [-0.3, -0.25) is 9.59 Å². The largest absolute Gasteiger partial charge is 0.324 e.